The Morgan fingerprint density at radius 3 is 2.19 bits per heavy atom. The first kappa shape index (κ1) is 21.8. The summed E-state index contributed by atoms with van der Waals surface area (Å²) < 4.78 is 33.5. The van der Waals surface area contributed by atoms with Gasteiger partial charge in [-0.05, 0) is 48.9 Å². The fraction of sp³-hybridized carbons (Fsp3) is 0.458. The molecule has 6 nitrogen and oxygen atoms in total. The van der Waals surface area contributed by atoms with Crippen molar-refractivity contribution in [1.29, 1.82) is 0 Å². The standard InChI is InChI=1S/C24H30N2O4S/c1-19(27)25-16-21(18-30-22-8-4-2-5-9-22)24(17-25)20-12-14-26(15-13-20)31(28,29)23-10-6-3-7-11-23/h2-11,20-21,24H,12-18H2,1H3. The van der Waals surface area contributed by atoms with Crippen LogP contribution in [0.4, 0.5) is 0 Å². The summed E-state index contributed by atoms with van der Waals surface area (Å²) in [6.45, 7) is 4.66. The van der Waals surface area contributed by atoms with E-state index in [1.165, 1.54) is 0 Å². The predicted molar refractivity (Wildman–Crippen MR) is 119 cm³/mol. The van der Waals surface area contributed by atoms with Gasteiger partial charge < -0.3 is 9.64 Å². The summed E-state index contributed by atoms with van der Waals surface area (Å²) in [5, 5.41) is 0. The van der Waals surface area contributed by atoms with Gasteiger partial charge in [-0.3, -0.25) is 4.79 Å². The van der Waals surface area contributed by atoms with Crippen molar-refractivity contribution < 1.29 is 17.9 Å². The SMILES string of the molecule is CC(=O)N1CC(COc2ccccc2)C(C2CCN(S(=O)(=O)c3ccccc3)CC2)C1. The maximum atomic E-state index is 12.9. The van der Waals surface area contributed by atoms with Gasteiger partial charge in [0.05, 0.1) is 11.5 Å². The summed E-state index contributed by atoms with van der Waals surface area (Å²) in [4.78, 5) is 14.3. The summed E-state index contributed by atoms with van der Waals surface area (Å²) in [6, 6.07) is 18.4. The molecule has 0 N–H and O–H groups in total. The van der Waals surface area contributed by atoms with E-state index in [1.807, 2.05) is 41.3 Å². The Balaban J connectivity index is 1.41. The number of carbonyl (C=O) groups excluding carboxylic acids is 1. The molecule has 7 heteroatoms. The Hall–Kier alpha value is -2.38. The number of nitrogens with zero attached hydrogens (tertiary/aromatic N) is 2. The molecule has 2 unspecified atom stereocenters. The third kappa shape index (κ3) is 4.93. The van der Waals surface area contributed by atoms with Crippen LogP contribution in [0.3, 0.4) is 0 Å². The van der Waals surface area contributed by atoms with Gasteiger partial charge in [0.2, 0.25) is 15.9 Å². The van der Waals surface area contributed by atoms with Crippen LogP contribution >= 0.6 is 0 Å². The molecule has 31 heavy (non-hydrogen) atoms. The summed E-state index contributed by atoms with van der Waals surface area (Å²) in [6.07, 6.45) is 1.62. The largest absolute Gasteiger partial charge is 0.493 e. The number of likely N-dealkylation sites (tertiary alicyclic amines) is 1. The minimum atomic E-state index is -3.45. The maximum Gasteiger partial charge on any atom is 0.243 e. The van der Waals surface area contributed by atoms with Crippen molar-refractivity contribution >= 4 is 15.9 Å². The monoisotopic (exact) mass is 442 g/mol. The number of carbonyl (C=O) groups is 1. The highest BCUT2D eigenvalue weighted by atomic mass is 32.2. The first-order chi connectivity index (χ1) is 14.9. The second-order valence-electron chi connectivity index (χ2n) is 8.53. The van der Waals surface area contributed by atoms with Crippen LogP contribution in [-0.4, -0.2) is 56.3 Å². The van der Waals surface area contributed by atoms with E-state index in [-0.39, 0.29) is 11.8 Å². The number of hydrogen-bond donors (Lipinski definition) is 0. The molecule has 2 atom stereocenters. The molecule has 166 valence electrons. The van der Waals surface area contributed by atoms with Crippen molar-refractivity contribution in [3.63, 3.8) is 0 Å². The highest BCUT2D eigenvalue weighted by molar-refractivity contribution is 7.89. The molecule has 2 aromatic carbocycles. The predicted octanol–water partition coefficient (Wildman–Crippen LogP) is 3.26. The molecule has 0 aromatic heterocycles. The van der Waals surface area contributed by atoms with Crippen LogP contribution in [0.15, 0.2) is 65.6 Å². The molecule has 2 saturated heterocycles. The molecule has 2 aliphatic heterocycles. The van der Waals surface area contributed by atoms with Crippen molar-refractivity contribution in [2.75, 3.05) is 32.8 Å². The van der Waals surface area contributed by atoms with Crippen LogP contribution < -0.4 is 4.74 Å². The molecule has 0 radical (unpaired) electrons. The molecule has 0 aliphatic carbocycles. The number of piperidine rings is 1. The van der Waals surface area contributed by atoms with Gasteiger partial charge in [0.15, 0.2) is 0 Å². The van der Waals surface area contributed by atoms with Gasteiger partial charge in [-0.25, -0.2) is 8.42 Å². The Kier molecular flexibility index (Phi) is 6.62. The van der Waals surface area contributed by atoms with E-state index < -0.39 is 10.0 Å². The van der Waals surface area contributed by atoms with E-state index in [0.717, 1.165) is 25.1 Å². The Labute approximate surface area is 184 Å². The first-order valence-electron chi connectivity index (χ1n) is 10.9. The zero-order chi connectivity index (χ0) is 21.8. The highest BCUT2D eigenvalue weighted by Crippen LogP contribution is 2.37. The number of sulfonamides is 1. The van der Waals surface area contributed by atoms with Crippen LogP contribution in [0.25, 0.3) is 0 Å². The Bertz CT molecular complexity index is 973. The zero-order valence-electron chi connectivity index (χ0n) is 17.9. The molecule has 0 saturated carbocycles. The molecule has 2 fully saturated rings. The minimum absolute atomic E-state index is 0.0938. The topological polar surface area (TPSA) is 66.9 Å². The minimum Gasteiger partial charge on any atom is -0.493 e. The van der Waals surface area contributed by atoms with Crippen LogP contribution in [0.2, 0.25) is 0 Å². The lowest BCUT2D eigenvalue weighted by molar-refractivity contribution is -0.128. The molecular formula is C24H30N2O4S. The van der Waals surface area contributed by atoms with Crippen LogP contribution in [0.5, 0.6) is 5.75 Å². The summed E-state index contributed by atoms with van der Waals surface area (Å²) >= 11 is 0. The number of hydrogen-bond acceptors (Lipinski definition) is 4. The summed E-state index contributed by atoms with van der Waals surface area (Å²) in [5.41, 5.74) is 0. The lowest BCUT2D eigenvalue weighted by atomic mass is 9.79. The lowest BCUT2D eigenvalue weighted by Crippen LogP contribution is -2.41. The molecule has 2 aromatic rings. The highest BCUT2D eigenvalue weighted by Gasteiger charge is 2.41. The third-order valence-corrected chi connectivity index (χ3v) is 8.54. The van der Waals surface area contributed by atoms with Crippen molar-refractivity contribution in [2.24, 2.45) is 17.8 Å². The second kappa shape index (κ2) is 9.40. The van der Waals surface area contributed by atoms with Gasteiger partial charge in [0.25, 0.3) is 0 Å². The first-order valence-corrected chi connectivity index (χ1v) is 12.4. The van der Waals surface area contributed by atoms with Crippen molar-refractivity contribution in [1.82, 2.24) is 9.21 Å². The molecule has 1 amide bonds. The number of ether oxygens (including phenoxy) is 1. The van der Waals surface area contributed by atoms with E-state index >= 15 is 0 Å². The fourth-order valence-electron chi connectivity index (χ4n) is 4.87. The molecule has 2 aliphatic rings. The quantitative estimate of drug-likeness (QED) is 0.689. The van der Waals surface area contributed by atoms with Gasteiger partial charge in [-0.1, -0.05) is 36.4 Å². The van der Waals surface area contributed by atoms with Gasteiger partial charge in [-0.2, -0.15) is 4.31 Å². The smallest absolute Gasteiger partial charge is 0.243 e. The van der Waals surface area contributed by atoms with E-state index in [1.54, 1.807) is 35.5 Å². The van der Waals surface area contributed by atoms with E-state index in [4.69, 9.17) is 4.74 Å². The number of rotatable bonds is 6. The average Bonchev–Trinajstić information content (AvgIpc) is 3.24. The van der Waals surface area contributed by atoms with Crippen LogP contribution in [0.1, 0.15) is 19.8 Å². The number of amides is 1. The second-order valence-corrected chi connectivity index (χ2v) is 10.5. The third-order valence-electron chi connectivity index (χ3n) is 6.63. The van der Waals surface area contributed by atoms with Gasteiger partial charge in [0.1, 0.15) is 5.75 Å². The molecule has 4 rings (SSSR count). The Morgan fingerprint density at radius 2 is 1.58 bits per heavy atom. The van der Waals surface area contributed by atoms with Crippen molar-refractivity contribution in [2.45, 2.75) is 24.7 Å². The van der Waals surface area contributed by atoms with E-state index in [0.29, 0.717) is 43.0 Å². The van der Waals surface area contributed by atoms with Crippen molar-refractivity contribution in [3.05, 3.63) is 60.7 Å². The van der Waals surface area contributed by atoms with Crippen LogP contribution in [0, 0.1) is 17.8 Å². The Morgan fingerprint density at radius 1 is 0.968 bits per heavy atom. The number of benzene rings is 2. The summed E-state index contributed by atoms with van der Waals surface area (Å²) in [5.74, 6) is 1.90. The summed E-state index contributed by atoms with van der Waals surface area (Å²) in [7, 11) is -3.45. The van der Waals surface area contributed by atoms with Gasteiger partial charge in [0, 0.05) is 39.0 Å². The molecular weight excluding hydrogens is 412 g/mol. The molecule has 0 bridgehead atoms. The fourth-order valence-corrected chi connectivity index (χ4v) is 6.36. The molecule has 0 spiro atoms. The van der Waals surface area contributed by atoms with E-state index in [2.05, 4.69) is 0 Å². The normalized spacial score (nSPS) is 23.1. The van der Waals surface area contributed by atoms with Gasteiger partial charge >= 0.3 is 0 Å². The molecule has 2 heterocycles. The number of para-hydroxylation sites is 1. The van der Waals surface area contributed by atoms with Crippen LogP contribution in [-0.2, 0) is 14.8 Å². The maximum absolute atomic E-state index is 12.9. The van der Waals surface area contributed by atoms with E-state index in [9.17, 15) is 13.2 Å². The lowest BCUT2D eigenvalue weighted by Gasteiger charge is -2.35. The van der Waals surface area contributed by atoms with Crippen molar-refractivity contribution in [3.8, 4) is 5.75 Å². The van der Waals surface area contributed by atoms with Gasteiger partial charge in [-0.15, -0.1) is 0 Å². The zero-order valence-corrected chi connectivity index (χ0v) is 18.7. The average molecular weight is 443 g/mol.